The molecule has 1 aromatic heterocycles. The molecule has 1 N–H and O–H groups in total. The smallest absolute Gasteiger partial charge is 0.263 e. The fourth-order valence-corrected chi connectivity index (χ4v) is 3.63. The molecule has 0 bridgehead atoms. The van der Waals surface area contributed by atoms with Gasteiger partial charge in [0.25, 0.3) is 5.91 Å². The number of hydrogen-bond acceptors (Lipinski definition) is 4. The predicted octanol–water partition coefficient (Wildman–Crippen LogP) is 2.61. The highest BCUT2D eigenvalue weighted by molar-refractivity contribution is 7.17. The quantitative estimate of drug-likeness (QED) is 0.925. The minimum Gasteiger partial charge on any atom is -0.342 e. The highest BCUT2D eigenvalue weighted by Crippen LogP contribution is 2.28. The van der Waals surface area contributed by atoms with E-state index in [1.807, 2.05) is 0 Å². The SMILES string of the molecule is Cc1nc(-c2ccc(F)cc2)sc1C(=O)NCC(=O)N1CCCC1. The van der Waals surface area contributed by atoms with Crippen LogP contribution in [-0.2, 0) is 4.79 Å². The molecular weight excluding hydrogens is 329 g/mol. The molecule has 0 atom stereocenters. The summed E-state index contributed by atoms with van der Waals surface area (Å²) in [4.78, 5) is 30.9. The van der Waals surface area contributed by atoms with Gasteiger partial charge < -0.3 is 10.2 Å². The van der Waals surface area contributed by atoms with E-state index in [2.05, 4.69) is 10.3 Å². The van der Waals surface area contributed by atoms with Gasteiger partial charge in [0.1, 0.15) is 15.7 Å². The van der Waals surface area contributed by atoms with Crippen LogP contribution in [0.1, 0.15) is 28.2 Å². The summed E-state index contributed by atoms with van der Waals surface area (Å²) in [6, 6.07) is 5.99. The van der Waals surface area contributed by atoms with E-state index >= 15 is 0 Å². The number of rotatable bonds is 4. The summed E-state index contributed by atoms with van der Waals surface area (Å²) in [6.07, 6.45) is 2.04. The first-order valence-corrected chi connectivity index (χ1v) is 8.65. The van der Waals surface area contributed by atoms with Gasteiger partial charge in [0.05, 0.1) is 12.2 Å². The molecule has 3 rings (SSSR count). The molecule has 1 aliphatic rings. The highest BCUT2D eigenvalue weighted by Gasteiger charge is 2.20. The Kier molecular flexibility index (Phi) is 4.89. The van der Waals surface area contributed by atoms with Crippen LogP contribution in [0.2, 0.25) is 0 Å². The summed E-state index contributed by atoms with van der Waals surface area (Å²) in [6.45, 7) is 3.29. The number of amides is 2. The Balaban J connectivity index is 1.66. The summed E-state index contributed by atoms with van der Waals surface area (Å²) < 4.78 is 13.0. The Morgan fingerprint density at radius 3 is 2.58 bits per heavy atom. The number of halogens is 1. The number of thiazole rings is 1. The largest absolute Gasteiger partial charge is 0.342 e. The van der Waals surface area contributed by atoms with Crippen molar-refractivity contribution in [1.82, 2.24) is 15.2 Å². The van der Waals surface area contributed by atoms with E-state index in [0.717, 1.165) is 31.5 Å². The van der Waals surface area contributed by atoms with Crippen molar-refractivity contribution in [2.24, 2.45) is 0 Å². The highest BCUT2D eigenvalue weighted by atomic mass is 32.1. The van der Waals surface area contributed by atoms with Crippen molar-refractivity contribution in [2.45, 2.75) is 19.8 Å². The summed E-state index contributed by atoms with van der Waals surface area (Å²) in [5.41, 5.74) is 1.36. The minimum atomic E-state index is -0.314. The fourth-order valence-electron chi connectivity index (χ4n) is 2.64. The van der Waals surface area contributed by atoms with Crippen molar-refractivity contribution >= 4 is 23.2 Å². The summed E-state index contributed by atoms with van der Waals surface area (Å²) in [5.74, 6) is -0.668. The van der Waals surface area contributed by atoms with Gasteiger partial charge >= 0.3 is 0 Å². The number of hydrogen-bond donors (Lipinski definition) is 1. The number of carbonyl (C=O) groups excluding carboxylic acids is 2. The number of likely N-dealkylation sites (tertiary alicyclic amines) is 1. The monoisotopic (exact) mass is 347 g/mol. The maximum absolute atomic E-state index is 13.0. The lowest BCUT2D eigenvalue weighted by molar-refractivity contribution is -0.129. The lowest BCUT2D eigenvalue weighted by Gasteiger charge is -2.15. The number of nitrogens with zero attached hydrogens (tertiary/aromatic N) is 2. The van der Waals surface area contributed by atoms with Crippen LogP contribution in [0.15, 0.2) is 24.3 Å². The Morgan fingerprint density at radius 1 is 1.25 bits per heavy atom. The standard InChI is InChI=1S/C17H18FN3O2S/c1-11-15(16(23)19-10-14(22)21-8-2-3-9-21)24-17(20-11)12-4-6-13(18)7-5-12/h4-7H,2-3,8-10H2,1H3,(H,19,23). The molecule has 0 aliphatic carbocycles. The summed E-state index contributed by atoms with van der Waals surface area (Å²) in [5, 5.41) is 3.33. The number of benzene rings is 1. The van der Waals surface area contributed by atoms with Crippen LogP contribution >= 0.6 is 11.3 Å². The van der Waals surface area contributed by atoms with Crippen molar-refractivity contribution < 1.29 is 14.0 Å². The molecule has 1 fully saturated rings. The number of carbonyl (C=O) groups is 2. The van der Waals surface area contributed by atoms with E-state index in [1.54, 1.807) is 24.0 Å². The lowest BCUT2D eigenvalue weighted by Crippen LogP contribution is -2.38. The molecular formula is C17H18FN3O2S. The maximum atomic E-state index is 13.0. The molecule has 0 spiro atoms. The first-order valence-electron chi connectivity index (χ1n) is 7.84. The summed E-state index contributed by atoms with van der Waals surface area (Å²) in [7, 11) is 0. The van der Waals surface area contributed by atoms with Gasteiger partial charge in [-0.3, -0.25) is 9.59 Å². The normalized spacial score (nSPS) is 14.0. The van der Waals surface area contributed by atoms with Gasteiger partial charge in [-0.05, 0) is 44.0 Å². The second kappa shape index (κ2) is 7.09. The van der Waals surface area contributed by atoms with Crippen molar-refractivity contribution in [3.8, 4) is 10.6 Å². The Bertz CT molecular complexity index is 752. The summed E-state index contributed by atoms with van der Waals surface area (Å²) >= 11 is 1.24. The third-order valence-electron chi connectivity index (χ3n) is 3.95. The van der Waals surface area contributed by atoms with Crippen LogP contribution in [0.25, 0.3) is 10.6 Å². The zero-order valence-corrected chi connectivity index (χ0v) is 14.2. The third kappa shape index (κ3) is 3.62. The van der Waals surface area contributed by atoms with Gasteiger partial charge in [-0.1, -0.05) is 0 Å². The van der Waals surface area contributed by atoms with Crippen molar-refractivity contribution in [2.75, 3.05) is 19.6 Å². The van der Waals surface area contributed by atoms with Crippen LogP contribution in [0.3, 0.4) is 0 Å². The molecule has 1 aliphatic heterocycles. The molecule has 7 heteroatoms. The van der Waals surface area contributed by atoms with Crippen molar-refractivity contribution in [3.05, 3.63) is 40.7 Å². The average Bonchev–Trinajstić information content (AvgIpc) is 3.23. The zero-order chi connectivity index (χ0) is 17.1. The molecule has 1 saturated heterocycles. The van der Waals surface area contributed by atoms with Gasteiger partial charge in [-0.25, -0.2) is 9.37 Å². The maximum Gasteiger partial charge on any atom is 0.263 e. The third-order valence-corrected chi connectivity index (χ3v) is 5.16. The van der Waals surface area contributed by atoms with Crippen LogP contribution in [-0.4, -0.2) is 41.3 Å². The fraction of sp³-hybridized carbons (Fsp3) is 0.353. The van der Waals surface area contributed by atoms with E-state index in [0.29, 0.717) is 15.6 Å². The van der Waals surface area contributed by atoms with Crippen LogP contribution in [0.4, 0.5) is 4.39 Å². The average molecular weight is 347 g/mol. The molecule has 0 unspecified atom stereocenters. The Hall–Kier alpha value is -2.28. The second-order valence-electron chi connectivity index (χ2n) is 5.71. The number of aromatic nitrogens is 1. The van der Waals surface area contributed by atoms with Crippen LogP contribution < -0.4 is 5.32 Å². The van der Waals surface area contributed by atoms with Crippen molar-refractivity contribution in [1.29, 1.82) is 0 Å². The van der Waals surface area contributed by atoms with E-state index in [-0.39, 0.29) is 24.2 Å². The number of aryl methyl sites for hydroxylation is 1. The first kappa shape index (κ1) is 16.6. The number of nitrogens with one attached hydrogen (secondary N) is 1. The van der Waals surface area contributed by atoms with Gasteiger partial charge in [0, 0.05) is 18.7 Å². The van der Waals surface area contributed by atoms with E-state index in [4.69, 9.17) is 0 Å². The molecule has 0 radical (unpaired) electrons. The molecule has 2 aromatic rings. The molecule has 1 aromatic carbocycles. The van der Waals surface area contributed by atoms with E-state index in [9.17, 15) is 14.0 Å². The van der Waals surface area contributed by atoms with Crippen LogP contribution in [0.5, 0.6) is 0 Å². The van der Waals surface area contributed by atoms with Crippen LogP contribution in [0, 0.1) is 12.7 Å². The molecule has 126 valence electrons. The predicted molar refractivity (Wildman–Crippen MR) is 90.4 cm³/mol. The molecule has 5 nitrogen and oxygen atoms in total. The van der Waals surface area contributed by atoms with Crippen molar-refractivity contribution in [3.63, 3.8) is 0 Å². The molecule has 0 saturated carbocycles. The molecule has 24 heavy (non-hydrogen) atoms. The zero-order valence-electron chi connectivity index (χ0n) is 13.3. The van der Waals surface area contributed by atoms with Gasteiger partial charge in [-0.2, -0.15) is 0 Å². The molecule has 2 amide bonds. The minimum absolute atomic E-state index is 0.00204. The Morgan fingerprint density at radius 2 is 1.92 bits per heavy atom. The van der Waals surface area contributed by atoms with Gasteiger partial charge in [0.2, 0.25) is 5.91 Å². The van der Waals surface area contributed by atoms with E-state index in [1.165, 1.54) is 23.5 Å². The Labute approximate surface area is 143 Å². The first-order chi connectivity index (χ1) is 11.5. The molecule has 2 heterocycles. The topological polar surface area (TPSA) is 62.3 Å². The van der Waals surface area contributed by atoms with Gasteiger partial charge in [0.15, 0.2) is 0 Å². The van der Waals surface area contributed by atoms with E-state index < -0.39 is 0 Å². The second-order valence-corrected chi connectivity index (χ2v) is 6.71. The lowest BCUT2D eigenvalue weighted by atomic mass is 10.2. The van der Waals surface area contributed by atoms with Gasteiger partial charge in [-0.15, -0.1) is 11.3 Å².